The molecule has 0 saturated heterocycles. The Labute approximate surface area is 151 Å². The molecule has 26 heavy (non-hydrogen) atoms. The van der Waals surface area contributed by atoms with Gasteiger partial charge in [0.15, 0.2) is 0 Å². The number of methoxy groups -OCH3 is 1. The monoisotopic (exact) mass is 358 g/mol. The molecule has 138 valence electrons. The maximum atomic E-state index is 11.7. The van der Waals surface area contributed by atoms with Crippen molar-refractivity contribution in [3.05, 3.63) is 23.5 Å². The van der Waals surface area contributed by atoms with Crippen LogP contribution >= 0.6 is 0 Å². The maximum Gasteiger partial charge on any atom is 0.311 e. The van der Waals surface area contributed by atoms with Gasteiger partial charge < -0.3 is 14.6 Å². The topological polar surface area (TPSA) is 99.4 Å². The first kappa shape index (κ1) is 17.0. The number of hydrogen-bond donors (Lipinski definition) is 1. The Balaban J connectivity index is 1.43. The fourth-order valence-corrected chi connectivity index (χ4v) is 4.40. The normalized spacial score (nSPS) is 26.0. The van der Waals surface area contributed by atoms with Crippen molar-refractivity contribution in [2.75, 3.05) is 13.7 Å². The zero-order valence-corrected chi connectivity index (χ0v) is 15.2. The number of aromatic nitrogens is 4. The summed E-state index contributed by atoms with van der Waals surface area (Å²) in [6.45, 7) is 2.31. The van der Waals surface area contributed by atoms with Gasteiger partial charge in [-0.05, 0) is 38.3 Å². The molecule has 5 rings (SSSR count). The molecule has 2 heterocycles. The lowest BCUT2D eigenvalue weighted by Gasteiger charge is -2.68. The van der Waals surface area contributed by atoms with Crippen molar-refractivity contribution < 1.29 is 19.4 Å². The van der Waals surface area contributed by atoms with Gasteiger partial charge in [0.2, 0.25) is 0 Å². The summed E-state index contributed by atoms with van der Waals surface area (Å²) in [6, 6.07) is 3.69. The second-order valence-corrected chi connectivity index (χ2v) is 7.54. The number of pyridine rings is 1. The average molecular weight is 358 g/mol. The Morgan fingerprint density at radius 2 is 2.08 bits per heavy atom. The summed E-state index contributed by atoms with van der Waals surface area (Å²) in [7, 11) is 3.18. The molecule has 0 aliphatic heterocycles. The van der Waals surface area contributed by atoms with E-state index >= 15 is 0 Å². The molecule has 0 aromatic carbocycles. The lowest BCUT2D eigenvalue weighted by Crippen LogP contribution is -2.67. The Hall–Kier alpha value is -2.48. The Morgan fingerprint density at radius 3 is 2.69 bits per heavy atom. The molecule has 0 spiro atoms. The summed E-state index contributed by atoms with van der Waals surface area (Å²) in [6.07, 6.45) is 2.53. The van der Waals surface area contributed by atoms with Gasteiger partial charge in [-0.3, -0.25) is 4.79 Å². The van der Waals surface area contributed by atoms with E-state index in [-0.39, 0.29) is 23.4 Å². The summed E-state index contributed by atoms with van der Waals surface area (Å²) in [5.41, 5.74) is 2.46. The summed E-state index contributed by atoms with van der Waals surface area (Å²) < 4.78 is 12.4. The molecule has 0 amide bonds. The van der Waals surface area contributed by atoms with Crippen LogP contribution in [0.15, 0.2) is 12.1 Å². The first-order valence-corrected chi connectivity index (χ1v) is 8.61. The summed E-state index contributed by atoms with van der Waals surface area (Å²) >= 11 is 0. The average Bonchev–Trinajstić information content (AvgIpc) is 2.93. The van der Waals surface area contributed by atoms with Crippen LogP contribution < -0.4 is 4.74 Å². The zero-order chi connectivity index (χ0) is 18.5. The predicted molar refractivity (Wildman–Crippen MR) is 91.1 cm³/mol. The number of rotatable bonds is 6. The van der Waals surface area contributed by atoms with Gasteiger partial charge in [0.05, 0.1) is 42.8 Å². The van der Waals surface area contributed by atoms with Gasteiger partial charge in [0.1, 0.15) is 11.4 Å². The minimum atomic E-state index is -0.248. The number of ether oxygens (including phenoxy) is 2. The molecule has 0 atom stereocenters. The summed E-state index contributed by atoms with van der Waals surface area (Å²) in [5, 5.41) is 17.5. The second kappa shape index (κ2) is 5.77. The molecule has 3 saturated carbocycles. The molecule has 3 fully saturated rings. The first-order valence-electron chi connectivity index (χ1n) is 8.61. The number of aryl methyl sites for hydroxylation is 2. The molecule has 3 aliphatic carbocycles. The molecule has 8 heteroatoms. The van der Waals surface area contributed by atoms with Crippen LogP contribution in [0, 0.1) is 17.8 Å². The number of carbonyl (C=O) groups excluding carboxylic acids is 1. The van der Waals surface area contributed by atoms with Crippen LogP contribution in [0.3, 0.4) is 0 Å². The molecule has 3 aliphatic rings. The van der Waals surface area contributed by atoms with Crippen LogP contribution in [0.4, 0.5) is 0 Å². The minimum Gasteiger partial charge on any atom is -0.491 e. The molecule has 2 aromatic rings. The number of aliphatic hydroxyl groups excluding tert-OH is 1. The highest BCUT2D eigenvalue weighted by atomic mass is 16.5. The second-order valence-electron chi connectivity index (χ2n) is 7.54. The molecule has 2 bridgehead atoms. The van der Waals surface area contributed by atoms with Crippen molar-refractivity contribution in [2.45, 2.75) is 32.8 Å². The van der Waals surface area contributed by atoms with Crippen molar-refractivity contribution in [3.8, 4) is 17.1 Å². The van der Waals surface area contributed by atoms with E-state index in [0.29, 0.717) is 23.7 Å². The molecular formula is C18H22N4O4. The van der Waals surface area contributed by atoms with E-state index in [2.05, 4.69) is 15.3 Å². The van der Waals surface area contributed by atoms with E-state index in [1.54, 1.807) is 7.05 Å². The van der Waals surface area contributed by atoms with Gasteiger partial charge in [0, 0.05) is 12.5 Å². The quantitative estimate of drug-likeness (QED) is 0.779. The highest BCUT2D eigenvalue weighted by molar-refractivity contribution is 5.81. The molecule has 1 N–H and O–H groups in total. The van der Waals surface area contributed by atoms with Gasteiger partial charge in [0.25, 0.3) is 0 Å². The Kier molecular flexibility index (Phi) is 3.76. The zero-order valence-electron chi connectivity index (χ0n) is 15.2. The van der Waals surface area contributed by atoms with Crippen molar-refractivity contribution in [1.82, 2.24) is 20.0 Å². The largest absolute Gasteiger partial charge is 0.491 e. The highest BCUT2D eigenvalue weighted by Gasteiger charge is 2.72. The summed E-state index contributed by atoms with van der Waals surface area (Å²) in [5.74, 6) is 0.630. The predicted octanol–water partition coefficient (Wildman–Crippen LogP) is 1.40. The van der Waals surface area contributed by atoms with Crippen LogP contribution in [-0.4, -0.2) is 44.8 Å². The standard InChI is InChI=1S/C18H22N4O4/c1-11-14(26-10-17-7-18(8-17,9-17)16(24)25-3)5-4-12(19-11)15-13(6-23)22(2)21-20-15/h4-5,23H,6-10H2,1-3H3. The minimum absolute atomic E-state index is 0.0924. The highest BCUT2D eigenvalue weighted by Crippen LogP contribution is 2.73. The number of esters is 1. The third kappa shape index (κ3) is 2.39. The van der Waals surface area contributed by atoms with Crippen LogP contribution in [0.1, 0.15) is 30.7 Å². The van der Waals surface area contributed by atoms with Gasteiger partial charge >= 0.3 is 5.97 Å². The Bertz CT molecular complexity index is 856. The van der Waals surface area contributed by atoms with Gasteiger partial charge in [-0.25, -0.2) is 9.67 Å². The molecule has 2 aromatic heterocycles. The van der Waals surface area contributed by atoms with Crippen LogP contribution in [0.2, 0.25) is 0 Å². The van der Waals surface area contributed by atoms with Crippen LogP contribution in [0.5, 0.6) is 5.75 Å². The summed E-state index contributed by atoms with van der Waals surface area (Å²) in [4.78, 5) is 16.3. The fraction of sp³-hybridized carbons (Fsp3) is 0.556. The van der Waals surface area contributed by atoms with E-state index in [1.165, 1.54) is 11.8 Å². The third-order valence-corrected chi connectivity index (χ3v) is 5.67. The first-order chi connectivity index (χ1) is 12.4. The van der Waals surface area contributed by atoms with Gasteiger partial charge in [-0.2, -0.15) is 0 Å². The van der Waals surface area contributed by atoms with E-state index in [4.69, 9.17) is 9.47 Å². The van der Waals surface area contributed by atoms with Crippen molar-refractivity contribution in [2.24, 2.45) is 17.9 Å². The smallest absolute Gasteiger partial charge is 0.311 e. The number of nitrogens with zero attached hydrogens (tertiary/aromatic N) is 4. The lowest BCUT2D eigenvalue weighted by molar-refractivity contribution is -0.233. The fourth-order valence-electron chi connectivity index (χ4n) is 4.40. The Morgan fingerprint density at radius 1 is 1.35 bits per heavy atom. The molecule has 0 unspecified atom stereocenters. The van der Waals surface area contributed by atoms with E-state index in [9.17, 15) is 9.90 Å². The number of aliphatic hydroxyl groups is 1. The molecule has 0 radical (unpaired) electrons. The maximum absolute atomic E-state index is 11.7. The van der Waals surface area contributed by atoms with Gasteiger partial charge in [-0.1, -0.05) is 5.21 Å². The number of carbonyl (C=O) groups is 1. The van der Waals surface area contributed by atoms with E-state index in [1.807, 2.05) is 19.1 Å². The number of hydrogen-bond acceptors (Lipinski definition) is 7. The lowest BCUT2D eigenvalue weighted by atomic mass is 9.35. The van der Waals surface area contributed by atoms with Gasteiger partial charge in [-0.15, -0.1) is 5.10 Å². The van der Waals surface area contributed by atoms with Crippen LogP contribution in [-0.2, 0) is 23.2 Å². The molecule has 8 nitrogen and oxygen atoms in total. The third-order valence-electron chi connectivity index (χ3n) is 5.67. The van der Waals surface area contributed by atoms with Crippen molar-refractivity contribution >= 4 is 5.97 Å². The van der Waals surface area contributed by atoms with Crippen molar-refractivity contribution in [3.63, 3.8) is 0 Å². The van der Waals surface area contributed by atoms with Crippen molar-refractivity contribution in [1.29, 1.82) is 0 Å². The van der Waals surface area contributed by atoms with E-state index in [0.717, 1.165) is 30.7 Å². The molecular weight excluding hydrogens is 336 g/mol. The van der Waals surface area contributed by atoms with E-state index < -0.39 is 0 Å². The van der Waals surface area contributed by atoms with Crippen LogP contribution in [0.25, 0.3) is 11.4 Å². The SMILES string of the molecule is COC(=O)C12CC(COc3ccc(-c4nnn(C)c4CO)nc3C)(C1)C2.